The van der Waals surface area contributed by atoms with Crippen molar-refractivity contribution in [3.05, 3.63) is 35.4 Å². The normalized spacial score (nSPS) is 13.3. The zero-order chi connectivity index (χ0) is 29.9. The lowest BCUT2D eigenvalue weighted by Crippen LogP contribution is -2.47. The number of hydrogen-bond donors (Lipinski definition) is 3. The van der Waals surface area contributed by atoms with Gasteiger partial charge in [-0.05, 0) is 37.3 Å². The van der Waals surface area contributed by atoms with E-state index in [4.69, 9.17) is 41.6 Å². The number of aliphatic carboxylic acids is 1. The third-order valence-corrected chi connectivity index (χ3v) is 6.07. The molecule has 0 bridgehead atoms. The molecule has 12 heteroatoms. The van der Waals surface area contributed by atoms with E-state index in [1.165, 1.54) is 5.56 Å². The number of hydrogen-bond acceptors (Lipinski definition) is 10. The molecule has 3 atom stereocenters. The molecule has 0 aliphatic heterocycles. The van der Waals surface area contributed by atoms with Gasteiger partial charge in [0.25, 0.3) is 0 Å². The lowest BCUT2D eigenvalue weighted by atomic mass is 9.97. The maximum absolute atomic E-state index is 12.3. The second kappa shape index (κ2) is 20.3. The number of carboxylic acid groups (broad SMARTS) is 1. The smallest absolute Gasteiger partial charge is 0.326 e. The zero-order valence-corrected chi connectivity index (χ0v) is 24.7. The van der Waals surface area contributed by atoms with Crippen LogP contribution in [0.1, 0.15) is 51.2 Å². The average Bonchev–Trinajstić information content (AvgIpc) is 2.90. The van der Waals surface area contributed by atoms with E-state index in [1.807, 2.05) is 19.1 Å². The molecule has 1 aromatic rings. The summed E-state index contributed by atoms with van der Waals surface area (Å²) in [6, 6.07) is 6.33. The van der Waals surface area contributed by atoms with Crippen molar-refractivity contribution in [2.45, 2.75) is 58.5 Å². The van der Waals surface area contributed by atoms with E-state index >= 15 is 0 Å². The molecule has 226 valence electrons. The summed E-state index contributed by atoms with van der Waals surface area (Å²) in [7, 11) is 0. The minimum absolute atomic E-state index is 0.0210. The van der Waals surface area contributed by atoms with Gasteiger partial charge in [0.2, 0.25) is 0 Å². The number of esters is 2. The summed E-state index contributed by atoms with van der Waals surface area (Å²) >= 11 is 4.95. The SMILES string of the molecule is CC(C)Cc1ccc([C@H](C)C(=O)OCCOCCOCCOCCOC(=O)C[C@H](NC(=S)[C@H](C)N)C(=O)O)cc1. The highest BCUT2D eigenvalue weighted by Crippen LogP contribution is 2.18. The average molecular weight is 585 g/mol. The maximum Gasteiger partial charge on any atom is 0.326 e. The first-order valence-corrected chi connectivity index (χ1v) is 13.8. The molecule has 0 spiro atoms. The Hall–Kier alpha value is -2.64. The van der Waals surface area contributed by atoms with Gasteiger partial charge in [-0.25, -0.2) is 4.79 Å². The molecule has 0 saturated heterocycles. The number of ether oxygens (including phenoxy) is 5. The summed E-state index contributed by atoms with van der Waals surface area (Å²) in [5, 5.41) is 11.7. The lowest BCUT2D eigenvalue weighted by Gasteiger charge is -2.17. The lowest BCUT2D eigenvalue weighted by molar-refractivity contribution is -0.150. The number of benzene rings is 1. The number of rotatable bonds is 21. The van der Waals surface area contributed by atoms with Gasteiger partial charge in [0.05, 0.1) is 63.0 Å². The molecular formula is C28H44N2O9S. The van der Waals surface area contributed by atoms with Gasteiger partial charge in [0.15, 0.2) is 0 Å². The molecule has 0 saturated carbocycles. The summed E-state index contributed by atoms with van der Waals surface area (Å²) in [5.41, 5.74) is 7.76. The summed E-state index contributed by atoms with van der Waals surface area (Å²) in [6.07, 6.45) is 0.614. The molecular weight excluding hydrogens is 540 g/mol. The van der Waals surface area contributed by atoms with Crippen molar-refractivity contribution in [2.24, 2.45) is 11.7 Å². The predicted octanol–water partition coefficient (Wildman–Crippen LogP) is 2.23. The molecule has 0 aromatic heterocycles. The van der Waals surface area contributed by atoms with Crippen LogP contribution >= 0.6 is 12.2 Å². The van der Waals surface area contributed by atoms with Crippen LogP contribution in [0.3, 0.4) is 0 Å². The van der Waals surface area contributed by atoms with Gasteiger partial charge in [-0.2, -0.15) is 0 Å². The van der Waals surface area contributed by atoms with Gasteiger partial charge in [-0.15, -0.1) is 0 Å². The van der Waals surface area contributed by atoms with Gasteiger partial charge in [0, 0.05) is 0 Å². The van der Waals surface area contributed by atoms with E-state index in [0.29, 0.717) is 25.7 Å². The van der Waals surface area contributed by atoms with Crippen molar-refractivity contribution >= 4 is 35.1 Å². The number of carbonyl (C=O) groups is 3. The van der Waals surface area contributed by atoms with E-state index in [9.17, 15) is 19.5 Å². The van der Waals surface area contributed by atoms with Crippen molar-refractivity contribution in [1.29, 1.82) is 0 Å². The summed E-state index contributed by atoms with van der Waals surface area (Å²) < 4.78 is 26.4. The Bertz CT molecular complexity index is 910. The maximum atomic E-state index is 12.3. The van der Waals surface area contributed by atoms with Crippen molar-refractivity contribution in [3.63, 3.8) is 0 Å². The molecule has 0 fully saturated rings. The predicted molar refractivity (Wildman–Crippen MR) is 153 cm³/mol. The molecule has 0 aliphatic carbocycles. The molecule has 0 amide bonds. The van der Waals surface area contributed by atoms with Gasteiger partial charge < -0.3 is 39.8 Å². The second-order valence-corrected chi connectivity index (χ2v) is 10.1. The second-order valence-electron chi connectivity index (χ2n) is 9.68. The quantitative estimate of drug-likeness (QED) is 0.110. The number of carboxylic acids is 1. The van der Waals surface area contributed by atoms with Crippen LogP contribution in [0.4, 0.5) is 0 Å². The van der Waals surface area contributed by atoms with Gasteiger partial charge >= 0.3 is 17.9 Å². The molecule has 40 heavy (non-hydrogen) atoms. The third kappa shape index (κ3) is 15.8. The van der Waals surface area contributed by atoms with Gasteiger partial charge in [-0.1, -0.05) is 50.3 Å². The molecule has 0 heterocycles. The minimum atomic E-state index is -1.23. The number of nitrogens with one attached hydrogen (secondary N) is 1. The fraction of sp³-hybridized carbons (Fsp3) is 0.643. The van der Waals surface area contributed by atoms with Crippen LogP contribution in [0.25, 0.3) is 0 Å². The van der Waals surface area contributed by atoms with Crippen LogP contribution in [0.15, 0.2) is 24.3 Å². The highest BCUT2D eigenvalue weighted by Gasteiger charge is 2.23. The Kier molecular flexibility index (Phi) is 17.9. The zero-order valence-electron chi connectivity index (χ0n) is 23.9. The fourth-order valence-electron chi connectivity index (χ4n) is 3.36. The van der Waals surface area contributed by atoms with E-state index in [0.717, 1.165) is 12.0 Å². The van der Waals surface area contributed by atoms with Crippen molar-refractivity contribution in [3.8, 4) is 0 Å². The largest absolute Gasteiger partial charge is 0.480 e. The first-order valence-electron chi connectivity index (χ1n) is 13.4. The van der Waals surface area contributed by atoms with Gasteiger partial charge in [-0.3, -0.25) is 9.59 Å². The van der Waals surface area contributed by atoms with Crippen LogP contribution < -0.4 is 11.1 Å². The van der Waals surface area contributed by atoms with Crippen LogP contribution in [-0.2, 0) is 44.5 Å². The van der Waals surface area contributed by atoms with E-state index in [1.54, 1.807) is 6.92 Å². The Morgan fingerprint density at radius 1 is 0.850 bits per heavy atom. The van der Waals surface area contributed by atoms with Crippen molar-refractivity contribution in [2.75, 3.05) is 52.9 Å². The molecule has 0 aliphatic rings. The highest BCUT2D eigenvalue weighted by atomic mass is 32.1. The summed E-state index contributed by atoms with van der Waals surface area (Å²) in [6.45, 7) is 9.63. The Balaban J connectivity index is 2.02. The first kappa shape index (κ1) is 35.4. The molecule has 0 radical (unpaired) electrons. The number of carbonyl (C=O) groups excluding carboxylic acids is 2. The Labute approximate surface area is 242 Å². The molecule has 4 N–H and O–H groups in total. The Morgan fingerprint density at radius 2 is 1.35 bits per heavy atom. The molecule has 1 rings (SSSR count). The van der Waals surface area contributed by atoms with E-state index in [2.05, 4.69) is 31.3 Å². The number of thiocarbonyl (C=S) groups is 1. The summed E-state index contributed by atoms with van der Waals surface area (Å²) in [4.78, 5) is 35.5. The van der Waals surface area contributed by atoms with Crippen LogP contribution in [0, 0.1) is 5.92 Å². The third-order valence-electron chi connectivity index (χ3n) is 5.58. The van der Waals surface area contributed by atoms with Crippen molar-refractivity contribution < 1.29 is 43.2 Å². The monoisotopic (exact) mass is 584 g/mol. The first-order chi connectivity index (χ1) is 19.0. The standard InChI is InChI=1S/C28H44N2O9S/c1-19(2)17-22-5-7-23(8-6-22)20(3)28(34)39-16-14-37-12-10-35-9-11-36-13-15-38-25(31)18-24(27(32)33)30-26(40)21(4)29/h5-8,19-21,24H,9-18,29H2,1-4H3,(H,30,40)(H,32,33)/t20-,21-,24-/m0/s1. The highest BCUT2D eigenvalue weighted by molar-refractivity contribution is 7.80. The van der Waals surface area contributed by atoms with Crippen LogP contribution in [0.5, 0.6) is 0 Å². The summed E-state index contributed by atoms with van der Waals surface area (Å²) in [5.74, 6) is -1.98. The van der Waals surface area contributed by atoms with E-state index < -0.39 is 30.4 Å². The van der Waals surface area contributed by atoms with E-state index in [-0.39, 0.29) is 49.9 Å². The fourth-order valence-corrected chi connectivity index (χ4v) is 3.50. The van der Waals surface area contributed by atoms with Crippen molar-refractivity contribution in [1.82, 2.24) is 5.32 Å². The topological polar surface area (TPSA) is 156 Å². The Morgan fingerprint density at radius 3 is 1.82 bits per heavy atom. The van der Waals surface area contributed by atoms with Crippen LogP contribution in [-0.4, -0.2) is 92.9 Å². The van der Waals surface area contributed by atoms with Crippen LogP contribution in [0.2, 0.25) is 0 Å². The number of nitrogens with two attached hydrogens (primary N) is 1. The minimum Gasteiger partial charge on any atom is -0.480 e. The molecule has 11 nitrogen and oxygen atoms in total. The van der Waals surface area contributed by atoms with Gasteiger partial charge in [0.1, 0.15) is 19.3 Å². The molecule has 1 aromatic carbocycles. The molecule has 0 unspecified atom stereocenters.